The third-order valence-electron chi connectivity index (χ3n) is 4.30. The largest absolute Gasteiger partial charge is 0.392 e. The molecule has 0 fully saturated rings. The van der Waals surface area contributed by atoms with E-state index in [-0.39, 0.29) is 18.2 Å². The Kier molecular flexibility index (Phi) is 5.52. The molecule has 0 bridgehead atoms. The van der Waals surface area contributed by atoms with Crippen LogP contribution in [0.5, 0.6) is 0 Å². The molecule has 7 heteroatoms. The van der Waals surface area contributed by atoms with Crippen molar-refractivity contribution in [3.63, 3.8) is 0 Å². The molecule has 0 aliphatic rings. The number of hydrogen-bond acceptors (Lipinski definition) is 5. The van der Waals surface area contributed by atoms with Crippen molar-refractivity contribution >= 4 is 11.4 Å². The maximum Gasteiger partial charge on any atom is 0.292 e. The van der Waals surface area contributed by atoms with Crippen LogP contribution in [0.15, 0.2) is 54.7 Å². The van der Waals surface area contributed by atoms with Crippen molar-refractivity contribution in [2.24, 2.45) is 0 Å². The molecule has 1 heterocycles. The van der Waals surface area contributed by atoms with Gasteiger partial charge >= 0.3 is 0 Å². The number of aliphatic hydroxyl groups excluding tert-OH is 1. The van der Waals surface area contributed by atoms with Crippen molar-refractivity contribution < 1.29 is 10.0 Å². The fourth-order valence-electron chi connectivity index (χ4n) is 2.93. The van der Waals surface area contributed by atoms with E-state index in [0.717, 1.165) is 16.9 Å². The van der Waals surface area contributed by atoms with E-state index in [0.29, 0.717) is 17.8 Å². The number of rotatable bonds is 7. The van der Waals surface area contributed by atoms with Gasteiger partial charge in [0.1, 0.15) is 5.69 Å². The third-order valence-corrected chi connectivity index (χ3v) is 4.30. The van der Waals surface area contributed by atoms with Crippen LogP contribution in [0.2, 0.25) is 0 Å². The highest BCUT2D eigenvalue weighted by atomic mass is 16.6. The number of hydrogen-bond donors (Lipinski definition) is 2. The van der Waals surface area contributed by atoms with E-state index in [4.69, 9.17) is 0 Å². The van der Waals surface area contributed by atoms with Crippen LogP contribution < -0.4 is 5.32 Å². The van der Waals surface area contributed by atoms with Gasteiger partial charge in [-0.1, -0.05) is 32.0 Å². The van der Waals surface area contributed by atoms with Gasteiger partial charge in [-0.05, 0) is 35.7 Å². The van der Waals surface area contributed by atoms with E-state index in [1.54, 1.807) is 12.1 Å². The highest BCUT2D eigenvalue weighted by Crippen LogP contribution is 2.27. The average molecular weight is 366 g/mol. The predicted molar refractivity (Wildman–Crippen MR) is 104 cm³/mol. The molecular formula is C20H22N4O3. The molecule has 140 valence electrons. The lowest BCUT2D eigenvalue weighted by atomic mass is 10.1. The average Bonchev–Trinajstić information content (AvgIpc) is 3.11. The Balaban J connectivity index is 1.90. The Hall–Kier alpha value is -3.19. The molecule has 3 aromatic rings. The fraction of sp³-hybridized carbons (Fsp3) is 0.250. The van der Waals surface area contributed by atoms with Gasteiger partial charge in [-0.25, -0.2) is 4.68 Å². The van der Waals surface area contributed by atoms with Gasteiger partial charge in [-0.2, -0.15) is 5.10 Å². The van der Waals surface area contributed by atoms with Crippen molar-refractivity contribution in [2.45, 2.75) is 32.9 Å². The van der Waals surface area contributed by atoms with Gasteiger partial charge in [-0.3, -0.25) is 10.1 Å². The zero-order chi connectivity index (χ0) is 19.4. The van der Waals surface area contributed by atoms with E-state index in [2.05, 4.69) is 24.3 Å². The smallest absolute Gasteiger partial charge is 0.292 e. The van der Waals surface area contributed by atoms with Gasteiger partial charge < -0.3 is 10.4 Å². The lowest BCUT2D eigenvalue weighted by molar-refractivity contribution is -0.384. The van der Waals surface area contributed by atoms with Gasteiger partial charge in [0.05, 0.1) is 22.9 Å². The van der Waals surface area contributed by atoms with Gasteiger partial charge in [-0.15, -0.1) is 0 Å². The van der Waals surface area contributed by atoms with E-state index in [1.807, 2.05) is 41.2 Å². The second kappa shape index (κ2) is 8.01. The van der Waals surface area contributed by atoms with Crippen molar-refractivity contribution in [2.75, 3.05) is 5.32 Å². The number of anilines is 1. The minimum absolute atomic E-state index is 0.0197. The van der Waals surface area contributed by atoms with E-state index >= 15 is 0 Å². The quantitative estimate of drug-likeness (QED) is 0.487. The number of nitrogens with zero attached hydrogens (tertiary/aromatic N) is 3. The summed E-state index contributed by atoms with van der Waals surface area (Å²) in [6.07, 6.45) is 1.94. The molecule has 0 aliphatic heterocycles. The molecule has 0 aliphatic carbocycles. The van der Waals surface area contributed by atoms with Gasteiger partial charge in [0, 0.05) is 24.4 Å². The molecule has 2 aromatic carbocycles. The van der Waals surface area contributed by atoms with Gasteiger partial charge in [0.2, 0.25) is 0 Å². The summed E-state index contributed by atoms with van der Waals surface area (Å²) in [7, 11) is 0. The third kappa shape index (κ3) is 4.15. The van der Waals surface area contributed by atoms with Crippen LogP contribution in [0.25, 0.3) is 5.69 Å². The van der Waals surface area contributed by atoms with Crippen LogP contribution in [-0.4, -0.2) is 19.8 Å². The molecule has 3 rings (SSSR count). The topological polar surface area (TPSA) is 93.2 Å². The zero-order valence-corrected chi connectivity index (χ0v) is 15.3. The van der Waals surface area contributed by atoms with Crippen LogP contribution in [0, 0.1) is 10.1 Å². The molecule has 0 unspecified atom stereocenters. The number of nitrogens with one attached hydrogen (secondary N) is 1. The van der Waals surface area contributed by atoms with Crippen LogP contribution in [0.1, 0.15) is 36.6 Å². The van der Waals surface area contributed by atoms with Crippen LogP contribution in [-0.2, 0) is 13.2 Å². The molecule has 27 heavy (non-hydrogen) atoms. The van der Waals surface area contributed by atoms with Crippen molar-refractivity contribution in [3.8, 4) is 5.69 Å². The summed E-state index contributed by atoms with van der Waals surface area (Å²) in [5.74, 6) is 0.213. The molecule has 0 radical (unpaired) electrons. The number of aromatic nitrogens is 2. The van der Waals surface area contributed by atoms with Gasteiger partial charge in [0.25, 0.3) is 5.69 Å². The molecule has 7 nitrogen and oxygen atoms in total. The van der Waals surface area contributed by atoms with Crippen LogP contribution in [0.3, 0.4) is 0 Å². The number of nitro groups is 1. The number of para-hydroxylation sites is 1. The van der Waals surface area contributed by atoms with Crippen LogP contribution in [0.4, 0.5) is 11.4 Å². The monoisotopic (exact) mass is 366 g/mol. The predicted octanol–water partition coefficient (Wildman–Crippen LogP) is 4.01. The molecule has 0 spiro atoms. The minimum atomic E-state index is -0.430. The molecule has 1 aromatic heterocycles. The molecular weight excluding hydrogens is 344 g/mol. The van der Waals surface area contributed by atoms with Crippen molar-refractivity contribution in [3.05, 3.63) is 81.7 Å². The van der Waals surface area contributed by atoms with Crippen LogP contribution >= 0.6 is 0 Å². The Bertz CT molecular complexity index is 936. The van der Waals surface area contributed by atoms with Crippen molar-refractivity contribution in [1.29, 1.82) is 0 Å². The van der Waals surface area contributed by atoms with Gasteiger partial charge in [0.15, 0.2) is 0 Å². The van der Waals surface area contributed by atoms with E-state index < -0.39 is 4.92 Å². The first-order chi connectivity index (χ1) is 13.0. The Morgan fingerprint density at radius 1 is 1.22 bits per heavy atom. The molecule has 2 N–H and O–H groups in total. The number of aliphatic hydroxyl groups is 1. The highest BCUT2D eigenvalue weighted by Gasteiger charge is 2.17. The summed E-state index contributed by atoms with van der Waals surface area (Å²) in [4.78, 5) is 10.9. The maximum atomic E-state index is 11.3. The molecule has 0 amide bonds. The summed E-state index contributed by atoms with van der Waals surface area (Å²) in [6.45, 7) is 4.36. The highest BCUT2D eigenvalue weighted by molar-refractivity contribution is 5.63. The second-order valence-corrected chi connectivity index (χ2v) is 6.59. The SMILES string of the molecule is CC(C)c1nn(-c2ccccc2)cc1CNc1cc(CO)ccc1[N+](=O)[O-]. The molecule has 0 atom stereocenters. The first kappa shape index (κ1) is 18.6. The van der Waals surface area contributed by atoms with E-state index in [1.165, 1.54) is 6.07 Å². The summed E-state index contributed by atoms with van der Waals surface area (Å²) >= 11 is 0. The summed E-state index contributed by atoms with van der Waals surface area (Å²) in [5, 5.41) is 28.4. The minimum Gasteiger partial charge on any atom is -0.392 e. The molecule has 0 saturated heterocycles. The lowest BCUT2D eigenvalue weighted by Crippen LogP contribution is -2.05. The zero-order valence-electron chi connectivity index (χ0n) is 15.3. The fourth-order valence-corrected chi connectivity index (χ4v) is 2.93. The first-order valence-corrected chi connectivity index (χ1v) is 8.75. The Labute approximate surface area is 157 Å². The summed E-state index contributed by atoms with van der Waals surface area (Å²) in [6, 6.07) is 14.4. The Morgan fingerprint density at radius 3 is 2.59 bits per heavy atom. The summed E-state index contributed by atoms with van der Waals surface area (Å²) in [5.41, 5.74) is 3.85. The molecule has 0 saturated carbocycles. The number of nitro benzene ring substituents is 1. The lowest BCUT2D eigenvalue weighted by Gasteiger charge is -2.09. The first-order valence-electron chi connectivity index (χ1n) is 8.75. The van der Waals surface area contributed by atoms with E-state index in [9.17, 15) is 15.2 Å². The normalized spacial score (nSPS) is 11.0. The second-order valence-electron chi connectivity index (χ2n) is 6.59. The van der Waals surface area contributed by atoms with Crippen molar-refractivity contribution in [1.82, 2.24) is 9.78 Å². The number of benzene rings is 2. The maximum absolute atomic E-state index is 11.3. The standard InChI is InChI=1S/C20H22N4O3/c1-14(2)20-16(12-23(22-20)17-6-4-3-5-7-17)11-21-18-10-15(13-25)8-9-19(18)24(26)27/h3-10,12,14,21,25H,11,13H2,1-2H3. The summed E-state index contributed by atoms with van der Waals surface area (Å²) < 4.78 is 1.82. The Morgan fingerprint density at radius 2 is 1.96 bits per heavy atom.